The molecule has 0 radical (unpaired) electrons. The molecule has 0 aromatic heterocycles. The first-order chi connectivity index (χ1) is 11.3. The van der Waals surface area contributed by atoms with Gasteiger partial charge in [0.1, 0.15) is 0 Å². The molecule has 0 aliphatic heterocycles. The quantitative estimate of drug-likeness (QED) is 0.716. The van der Waals surface area contributed by atoms with E-state index in [0.29, 0.717) is 0 Å². The van der Waals surface area contributed by atoms with Crippen molar-refractivity contribution in [1.82, 2.24) is 0 Å². The molecular formula is C21H19NO. The molecule has 2 heteroatoms. The molecular weight excluding hydrogens is 282 g/mol. The molecule has 0 bridgehead atoms. The SMILES string of the molecule is O=C(Nc1cccc2ccccc12)[C@H]1CCCc2ccccc21. The van der Waals surface area contributed by atoms with Crippen LogP contribution >= 0.6 is 0 Å². The molecule has 0 spiro atoms. The Balaban J connectivity index is 1.66. The summed E-state index contributed by atoms with van der Waals surface area (Å²) in [5, 5.41) is 5.39. The number of carbonyl (C=O) groups is 1. The highest BCUT2D eigenvalue weighted by molar-refractivity contribution is 6.04. The molecule has 3 aromatic rings. The maximum Gasteiger partial charge on any atom is 0.231 e. The zero-order valence-corrected chi connectivity index (χ0v) is 13.0. The van der Waals surface area contributed by atoms with E-state index in [1.807, 2.05) is 30.3 Å². The third-order valence-corrected chi connectivity index (χ3v) is 4.73. The number of hydrogen-bond donors (Lipinski definition) is 1. The number of anilines is 1. The van der Waals surface area contributed by atoms with E-state index in [1.165, 1.54) is 11.1 Å². The van der Waals surface area contributed by atoms with Crippen molar-refractivity contribution in [3.8, 4) is 0 Å². The zero-order valence-electron chi connectivity index (χ0n) is 13.0. The highest BCUT2D eigenvalue weighted by Crippen LogP contribution is 2.33. The molecule has 3 aromatic carbocycles. The predicted octanol–water partition coefficient (Wildman–Crippen LogP) is 4.90. The van der Waals surface area contributed by atoms with Crippen LogP contribution in [0.4, 0.5) is 5.69 Å². The maximum atomic E-state index is 12.9. The summed E-state index contributed by atoms with van der Waals surface area (Å²) in [7, 11) is 0. The molecule has 0 unspecified atom stereocenters. The Hall–Kier alpha value is -2.61. The van der Waals surface area contributed by atoms with Crippen molar-refractivity contribution in [3.63, 3.8) is 0 Å². The van der Waals surface area contributed by atoms with Gasteiger partial charge in [0, 0.05) is 11.1 Å². The maximum absolute atomic E-state index is 12.9. The molecule has 0 saturated heterocycles. The van der Waals surface area contributed by atoms with Crippen LogP contribution in [0.3, 0.4) is 0 Å². The first kappa shape index (κ1) is 14.0. The number of fused-ring (bicyclic) bond motifs is 2. The van der Waals surface area contributed by atoms with Crippen molar-refractivity contribution >= 4 is 22.4 Å². The Morgan fingerprint density at radius 2 is 1.70 bits per heavy atom. The van der Waals surface area contributed by atoms with Gasteiger partial charge in [-0.25, -0.2) is 0 Å². The number of hydrogen-bond acceptors (Lipinski definition) is 1. The third-order valence-electron chi connectivity index (χ3n) is 4.73. The van der Waals surface area contributed by atoms with Gasteiger partial charge in [-0.15, -0.1) is 0 Å². The second-order valence-corrected chi connectivity index (χ2v) is 6.16. The Kier molecular flexibility index (Phi) is 3.58. The van der Waals surface area contributed by atoms with Gasteiger partial charge in [0.25, 0.3) is 0 Å². The van der Waals surface area contributed by atoms with Crippen LogP contribution in [0.1, 0.15) is 29.9 Å². The number of benzene rings is 3. The van der Waals surface area contributed by atoms with Crippen LogP contribution in [0.5, 0.6) is 0 Å². The lowest BCUT2D eigenvalue weighted by Gasteiger charge is -2.24. The summed E-state index contributed by atoms with van der Waals surface area (Å²) < 4.78 is 0. The van der Waals surface area contributed by atoms with E-state index in [2.05, 4.69) is 41.7 Å². The predicted molar refractivity (Wildman–Crippen MR) is 94.7 cm³/mol. The van der Waals surface area contributed by atoms with Crippen LogP contribution in [0.25, 0.3) is 10.8 Å². The summed E-state index contributed by atoms with van der Waals surface area (Å²) in [6.07, 6.45) is 3.08. The molecule has 1 atom stereocenters. The normalized spacial score (nSPS) is 16.8. The fourth-order valence-corrected chi connectivity index (χ4v) is 3.58. The standard InChI is InChI=1S/C21H19NO/c23-21(19-13-5-9-15-7-1-3-11-17(15)19)22-20-14-6-10-16-8-2-4-12-18(16)20/h1-4,6-8,10-12,14,19H,5,9,13H2,(H,22,23)/t19-/m0/s1. The minimum atomic E-state index is -0.0427. The molecule has 2 nitrogen and oxygen atoms in total. The lowest BCUT2D eigenvalue weighted by molar-refractivity contribution is -0.117. The summed E-state index contributed by atoms with van der Waals surface area (Å²) in [4.78, 5) is 12.9. The van der Waals surface area contributed by atoms with Gasteiger partial charge in [-0.1, -0.05) is 60.7 Å². The zero-order chi connectivity index (χ0) is 15.6. The van der Waals surface area contributed by atoms with Crippen LogP contribution in [-0.4, -0.2) is 5.91 Å². The molecule has 1 aliphatic rings. The van der Waals surface area contributed by atoms with Crippen molar-refractivity contribution in [1.29, 1.82) is 0 Å². The van der Waals surface area contributed by atoms with Crippen molar-refractivity contribution in [2.75, 3.05) is 5.32 Å². The lowest BCUT2D eigenvalue weighted by atomic mass is 9.82. The van der Waals surface area contributed by atoms with E-state index in [0.717, 1.165) is 35.7 Å². The van der Waals surface area contributed by atoms with E-state index >= 15 is 0 Å². The van der Waals surface area contributed by atoms with Crippen molar-refractivity contribution < 1.29 is 4.79 Å². The summed E-state index contributed by atoms with van der Waals surface area (Å²) in [6, 6.07) is 22.5. The van der Waals surface area contributed by atoms with Gasteiger partial charge in [-0.2, -0.15) is 0 Å². The van der Waals surface area contributed by atoms with Crippen LogP contribution < -0.4 is 5.32 Å². The number of amides is 1. The smallest absolute Gasteiger partial charge is 0.231 e. The number of carbonyl (C=O) groups excluding carboxylic acids is 1. The van der Waals surface area contributed by atoms with Gasteiger partial charge >= 0.3 is 0 Å². The number of aryl methyl sites for hydroxylation is 1. The molecule has 114 valence electrons. The van der Waals surface area contributed by atoms with E-state index in [9.17, 15) is 4.79 Å². The third kappa shape index (κ3) is 2.61. The summed E-state index contributed by atoms with van der Waals surface area (Å²) in [5.74, 6) is 0.0624. The summed E-state index contributed by atoms with van der Waals surface area (Å²) in [6.45, 7) is 0. The molecule has 0 fully saturated rings. The summed E-state index contributed by atoms with van der Waals surface area (Å²) in [5.41, 5.74) is 3.41. The van der Waals surface area contributed by atoms with Crippen molar-refractivity contribution in [2.45, 2.75) is 25.2 Å². The van der Waals surface area contributed by atoms with Gasteiger partial charge in [0.2, 0.25) is 5.91 Å². The van der Waals surface area contributed by atoms with Gasteiger partial charge in [-0.3, -0.25) is 4.79 Å². The second kappa shape index (κ2) is 5.88. The van der Waals surface area contributed by atoms with Crippen LogP contribution in [0.15, 0.2) is 66.7 Å². The van der Waals surface area contributed by atoms with Crippen LogP contribution in [-0.2, 0) is 11.2 Å². The van der Waals surface area contributed by atoms with Crippen molar-refractivity contribution in [2.24, 2.45) is 0 Å². The molecule has 1 N–H and O–H groups in total. The molecule has 0 saturated carbocycles. The van der Waals surface area contributed by atoms with E-state index in [-0.39, 0.29) is 11.8 Å². The Bertz CT molecular complexity index is 863. The molecule has 4 rings (SSSR count). The molecule has 0 heterocycles. The van der Waals surface area contributed by atoms with Crippen LogP contribution in [0, 0.1) is 0 Å². The monoisotopic (exact) mass is 301 g/mol. The lowest BCUT2D eigenvalue weighted by Crippen LogP contribution is -2.24. The highest BCUT2D eigenvalue weighted by Gasteiger charge is 2.26. The second-order valence-electron chi connectivity index (χ2n) is 6.16. The number of rotatable bonds is 2. The van der Waals surface area contributed by atoms with E-state index in [1.54, 1.807) is 0 Å². The minimum Gasteiger partial charge on any atom is -0.325 e. The topological polar surface area (TPSA) is 29.1 Å². The first-order valence-corrected chi connectivity index (χ1v) is 8.19. The molecule has 23 heavy (non-hydrogen) atoms. The van der Waals surface area contributed by atoms with Gasteiger partial charge in [0.15, 0.2) is 0 Å². The fraction of sp³-hybridized carbons (Fsp3) is 0.190. The fourth-order valence-electron chi connectivity index (χ4n) is 3.58. The first-order valence-electron chi connectivity index (χ1n) is 8.19. The van der Waals surface area contributed by atoms with Crippen LogP contribution in [0.2, 0.25) is 0 Å². The Labute approximate surface area is 136 Å². The average molecular weight is 301 g/mol. The van der Waals surface area contributed by atoms with Gasteiger partial charge in [0.05, 0.1) is 5.92 Å². The molecule has 1 amide bonds. The Morgan fingerprint density at radius 3 is 2.65 bits per heavy atom. The Morgan fingerprint density at radius 1 is 0.913 bits per heavy atom. The van der Waals surface area contributed by atoms with E-state index in [4.69, 9.17) is 0 Å². The number of nitrogens with one attached hydrogen (secondary N) is 1. The van der Waals surface area contributed by atoms with E-state index < -0.39 is 0 Å². The average Bonchev–Trinajstić information content (AvgIpc) is 2.61. The van der Waals surface area contributed by atoms with Gasteiger partial charge < -0.3 is 5.32 Å². The largest absolute Gasteiger partial charge is 0.325 e. The molecule has 1 aliphatic carbocycles. The summed E-state index contributed by atoms with van der Waals surface area (Å²) >= 11 is 0. The van der Waals surface area contributed by atoms with Gasteiger partial charge in [-0.05, 0) is 41.8 Å². The minimum absolute atomic E-state index is 0.0427. The highest BCUT2D eigenvalue weighted by atomic mass is 16.1. The van der Waals surface area contributed by atoms with Crippen molar-refractivity contribution in [3.05, 3.63) is 77.9 Å².